The van der Waals surface area contributed by atoms with Crippen LogP contribution in [0.3, 0.4) is 0 Å². The first kappa shape index (κ1) is 13.6. The van der Waals surface area contributed by atoms with Crippen molar-refractivity contribution in [2.45, 2.75) is 32.9 Å². The zero-order valence-corrected chi connectivity index (χ0v) is 10.5. The highest BCUT2D eigenvalue weighted by atomic mass is 35.5. The maximum Gasteiger partial charge on any atom is 0.326 e. The van der Waals surface area contributed by atoms with Crippen LogP contribution in [-0.4, -0.2) is 27.6 Å². The second-order valence-corrected chi connectivity index (χ2v) is 4.04. The number of aliphatic carboxylic acids is 1. The summed E-state index contributed by atoms with van der Waals surface area (Å²) >= 11 is 5.80. The minimum atomic E-state index is -1.04. The number of hydrogen-bond acceptors (Lipinski definition) is 2. The number of carboxylic acid groups (broad SMARTS) is 1. The molecule has 1 heterocycles. The molecule has 0 aliphatic rings. The minimum absolute atomic E-state index is 0.335. The highest BCUT2D eigenvalue weighted by Crippen LogP contribution is 2.14. The molecule has 17 heavy (non-hydrogen) atoms. The Kier molecular flexibility index (Phi) is 4.57. The van der Waals surface area contributed by atoms with Gasteiger partial charge in [0.05, 0.1) is 5.02 Å². The summed E-state index contributed by atoms with van der Waals surface area (Å²) in [7, 11) is 0. The van der Waals surface area contributed by atoms with Crippen molar-refractivity contribution in [2.75, 3.05) is 0 Å². The molecule has 1 atom stereocenters. The van der Waals surface area contributed by atoms with E-state index in [1.54, 1.807) is 17.7 Å². The van der Waals surface area contributed by atoms with E-state index in [9.17, 15) is 9.59 Å². The second-order valence-electron chi connectivity index (χ2n) is 3.60. The third-order valence-electron chi connectivity index (χ3n) is 2.45. The Bertz CT molecular complexity index is 428. The molecular formula is C11H15ClN2O3. The van der Waals surface area contributed by atoms with Crippen LogP contribution in [0, 0.1) is 0 Å². The van der Waals surface area contributed by atoms with Gasteiger partial charge in [-0.2, -0.15) is 0 Å². The fraction of sp³-hybridized carbons (Fsp3) is 0.455. The molecule has 5 nitrogen and oxygen atoms in total. The lowest BCUT2D eigenvalue weighted by Crippen LogP contribution is -2.40. The number of aromatic nitrogens is 1. The monoisotopic (exact) mass is 258 g/mol. The summed E-state index contributed by atoms with van der Waals surface area (Å²) in [6.45, 7) is 4.17. The van der Waals surface area contributed by atoms with Gasteiger partial charge in [-0.1, -0.05) is 18.5 Å². The van der Waals surface area contributed by atoms with Gasteiger partial charge in [0, 0.05) is 12.7 Å². The molecule has 2 N–H and O–H groups in total. The van der Waals surface area contributed by atoms with Gasteiger partial charge in [-0.3, -0.25) is 4.79 Å². The van der Waals surface area contributed by atoms with Crippen molar-refractivity contribution >= 4 is 23.5 Å². The molecule has 94 valence electrons. The number of carbonyl (C=O) groups excluding carboxylic acids is 1. The Hall–Kier alpha value is -1.49. The average Bonchev–Trinajstić information content (AvgIpc) is 2.66. The molecule has 0 saturated carbocycles. The molecule has 1 aromatic heterocycles. The van der Waals surface area contributed by atoms with Crippen molar-refractivity contribution in [3.63, 3.8) is 0 Å². The lowest BCUT2D eigenvalue weighted by atomic mass is 10.2. The molecule has 0 aliphatic heterocycles. The smallest absolute Gasteiger partial charge is 0.326 e. The Morgan fingerprint density at radius 2 is 2.18 bits per heavy atom. The third kappa shape index (κ3) is 3.23. The van der Waals surface area contributed by atoms with Gasteiger partial charge in [-0.25, -0.2) is 4.79 Å². The van der Waals surface area contributed by atoms with Crippen molar-refractivity contribution < 1.29 is 14.7 Å². The molecule has 1 amide bonds. The molecule has 0 aliphatic carbocycles. The van der Waals surface area contributed by atoms with Gasteiger partial charge >= 0.3 is 5.97 Å². The number of hydrogen-bond donors (Lipinski definition) is 2. The van der Waals surface area contributed by atoms with Crippen LogP contribution >= 0.6 is 11.6 Å². The summed E-state index contributed by atoms with van der Waals surface area (Å²) in [6.07, 6.45) is 1.97. The van der Waals surface area contributed by atoms with Crippen molar-refractivity contribution in [1.29, 1.82) is 0 Å². The quantitative estimate of drug-likeness (QED) is 0.845. The predicted octanol–water partition coefficient (Wildman–Crippen LogP) is 1.75. The molecule has 0 unspecified atom stereocenters. The molecule has 0 fully saturated rings. The van der Waals surface area contributed by atoms with Gasteiger partial charge < -0.3 is 15.0 Å². The molecule has 6 heteroatoms. The minimum Gasteiger partial charge on any atom is -0.480 e. The van der Waals surface area contributed by atoms with Gasteiger partial charge in [-0.05, 0) is 19.4 Å². The summed E-state index contributed by atoms with van der Waals surface area (Å²) in [6, 6.07) is 0.649. The lowest BCUT2D eigenvalue weighted by Gasteiger charge is -2.13. The summed E-state index contributed by atoms with van der Waals surface area (Å²) in [5, 5.41) is 11.8. The van der Waals surface area contributed by atoms with E-state index >= 15 is 0 Å². The van der Waals surface area contributed by atoms with Crippen LogP contribution in [0.15, 0.2) is 12.3 Å². The molecular weight excluding hydrogens is 244 g/mol. The van der Waals surface area contributed by atoms with E-state index in [2.05, 4.69) is 5.32 Å². The van der Waals surface area contributed by atoms with E-state index in [0.29, 0.717) is 23.7 Å². The second kappa shape index (κ2) is 5.72. The average molecular weight is 259 g/mol. The normalized spacial score (nSPS) is 12.2. The number of carbonyl (C=O) groups is 2. The predicted molar refractivity (Wildman–Crippen MR) is 64.3 cm³/mol. The maximum absolute atomic E-state index is 11.9. The van der Waals surface area contributed by atoms with E-state index in [1.165, 1.54) is 6.07 Å². The molecule has 1 aromatic rings. The standard InChI is InChI=1S/C11H15ClN2O3/c1-3-8(11(16)17)13-10(15)9-5-7(12)6-14(9)4-2/h5-6,8H,3-4H2,1-2H3,(H,13,15)(H,16,17)/t8-/m1/s1. The van der Waals surface area contributed by atoms with E-state index in [0.717, 1.165) is 0 Å². The van der Waals surface area contributed by atoms with Gasteiger partial charge in [-0.15, -0.1) is 0 Å². The first-order valence-corrected chi connectivity index (χ1v) is 5.76. The SMILES string of the molecule is CC[C@@H](NC(=O)c1cc(Cl)cn1CC)C(=O)O. The van der Waals surface area contributed by atoms with Crippen LogP contribution in [0.2, 0.25) is 5.02 Å². The van der Waals surface area contributed by atoms with E-state index in [4.69, 9.17) is 16.7 Å². The Morgan fingerprint density at radius 1 is 1.53 bits per heavy atom. The number of nitrogens with zero attached hydrogens (tertiary/aromatic N) is 1. The summed E-state index contributed by atoms with van der Waals surface area (Å²) in [5.41, 5.74) is 0.372. The molecule has 0 saturated heterocycles. The number of carboxylic acids is 1. The van der Waals surface area contributed by atoms with Crippen molar-refractivity contribution in [1.82, 2.24) is 9.88 Å². The lowest BCUT2D eigenvalue weighted by molar-refractivity contribution is -0.139. The summed E-state index contributed by atoms with van der Waals surface area (Å²) in [5.74, 6) is -1.46. The topological polar surface area (TPSA) is 71.3 Å². The van der Waals surface area contributed by atoms with Crippen molar-refractivity contribution in [3.8, 4) is 0 Å². The van der Waals surface area contributed by atoms with Crippen LogP contribution in [0.25, 0.3) is 0 Å². The van der Waals surface area contributed by atoms with E-state index in [1.807, 2.05) is 6.92 Å². The van der Waals surface area contributed by atoms with Gasteiger partial charge in [0.2, 0.25) is 0 Å². The first-order valence-electron chi connectivity index (χ1n) is 5.38. The van der Waals surface area contributed by atoms with Crippen LogP contribution < -0.4 is 5.32 Å². The molecule has 0 aromatic carbocycles. The first-order chi connectivity index (χ1) is 7.99. The van der Waals surface area contributed by atoms with Gasteiger partial charge in [0.25, 0.3) is 5.91 Å². The zero-order valence-electron chi connectivity index (χ0n) is 9.74. The number of amides is 1. The van der Waals surface area contributed by atoms with Gasteiger partial charge in [0.1, 0.15) is 11.7 Å². The summed E-state index contributed by atoms with van der Waals surface area (Å²) < 4.78 is 1.67. The van der Waals surface area contributed by atoms with Crippen molar-refractivity contribution in [2.24, 2.45) is 0 Å². The highest BCUT2D eigenvalue weighted by molar-refractivity contribution is 6.31. The number of nitrogens with one attached hydrogen (secondary N) is 1. The fourth-order valence-corrected chi connectivity index (χ4v) is 1.72. The van der Waals surface area contributed by atoms with Crippen LogP contribution in [0.5, 0.6) is 0 Å². The largest absolute Gasteiger partial charge is 0.480 e. The molecule has 0 bridgehead atoms. The zero-order chi connectivity index (χ0) is 13.0. The Labute approximate surface area is 104 Å². The number of aryl methyl sites for hydroxylation is 1. The van der Waals surface area contributed by atoms with Crippen LogP contribution in [0.1, 0.15) is 30.8 Å². The van der Waals surface area contributed by atoms with E-state index in [-0.39, 0.29) is 0 Å². The highest BCUT2D eigenvalue weighted by Gasteiger charge is 2.20. The van der Waals surface area contributed by atoms with E-state index < -0.39 is 17.9 Å². The maximum atomic E-state index is 11.9. The molecule has 0 spiro atoms. The third-order valence-corrected chi connectivity index (χ3v) is 2.65. The Balaban J connectivity index is 2.85. The Morgan fingerprint density at radius 3 is 2.65 bits per heavy atom. The number of halogens is 1. The number of rotatable bonds is 5. The molecule has 1 rings (SSSR count). The van der Waals surface area contributed by atoms with Crippen molar-refractivity contribution in [3.05, 3.63) is 23.0 Å². The van der Waals surface area contributed by atoms with Crippen LogP contribution in [-0.2, 0) is 11.3 Å². The summed E-state index contributed by atoms with van der Waals surface area (Å²) in [4.78, 5) is 22.7. The molecule has 0 radical (unpaired) electrons. The fourth-order valence-electron chi connectivity index (χ4n) is 1.50. The van der Waals surface area contributed by atoms with Gasteiger partial charge in [0.15, 0.2) is 0 Å². The van der Waals surface area contributed by atoms with Crippen LogP contribution in [0.4, 0.5) is 0 Å².